The minimum absolute atomic E-state index is 0.104. The molecule has 4 nitrogen and oxygen atoms in total. The SMILES string of the molecule is CC(C(=O)N1Cc2ccccc2CC1C(=O)O)c1c(F)cccc1F. The molecule has 0 aliphatic carbocycles. The van der Waals surface area contributed by atoms with Crippen molar-refractivity contribution < 1.29 is 23.5 Å². The highest BCUT2D eigenvalue weighted by molar-refractivity contribution is 5.88. The molecule has 1 amide bonds. The lowest BCUT2D eigenvalue weighted by atomic mass is 9.91. The Balaban J connectivity index is 1.96. The van der Waals surface area contributed by atoms with Crippen LogP contribution in [0, 0.1) is 11.6 Å². The molecule has 6 heteroatoms. The Morgan fingerprint density at radius 3 is 2.28 bits per heavy atom. The summed E-state index contributed by atoms with van der Waals surface area (Å²) in [5.41, 5.74) is 1.37. The summed E-state index contributed by atoms with van der Waals surface area (Å²) in [7, 11) is 0. The van der Waals surface area contributed by atoms with Gasteiger partial charge in [0, 0.05) is 18.5 Å². The van der Waals surface area contributed by atoms with E-state index in [4.69, 9.17) is 0 Å². The molecule has 2 unspecified atom stereocenters. The van der Waals surface area contributed by atoms with Crippen molar-refractivity contribution in [2.45, 2.75) is 31.8 Å². The number of nitrogens with zero attached hydrogens (tertiary/aromatic N) is 1. The molecule has 2 atom stereocenters. The van der Waals surface area contributed by atoms with Crippen molar-refractivity contribution in [1.29, 1.82) is 0 Å². The van der Waals surface area contributed by atoms with Gasteiger partial charge < -0.3 is 10.0 Å². The van der Waals surface area contributed by atoms with E-state index in [-0.39, 0.29) is 18.5 Å². The third kappa shape index (κ3) is 3.12. The number of carbonyl (C=O) groups excluding carboxylic acids is 1. The number of carboxylic acid groups (broad SMARTS) is 1. The highest BCUT2D eigenvalue weighted by Crippen LogP contribution is 2.29. The van der Waals surface area contributed by atoms with Crippen LogP contribution in [0.15, 0.2) is 42.5 Å². The maximum Gasteiger partial charge on any atom is 0.326 e. The van der Waals surface area contributed by atoms with Gasteiger partial charge in [-0.3, -0.25) is 4.79 Å². The molecule has 0 saturated heterocycles. The number of amides is 1. The Morgan fingerprint density at radius 2 is 1.68 bits per heavy atom. The van der Waals surface area contributed by atoms with Crippen LogP contribution in [0.25, 0.3) is 0 Å². The number of hydrogen-bond acceptors (Lipinski definition) is 2. The van der Waals surface area contributed by atoms with E-state index in [1.807, 2.05) is 24.3 Å². The van der Waals surface area contributed by atoms with Crippen LogP contribution in [-0.4, -0.2) is 27.9 Å². The topological polar surface area (TPSA) is 57.6 Å². The van der Waals surface area contributed by atoms with E-state index in [0.717, 1.165) is 23.3 Å². The summed E-state index contributed by atoms with van der Waals surface area (Å²) in [6.07, 6.45) is 0.170. The van der Waals surface area contributed by atoms with Crippen molar-refractivity contribution in [3.05, 3.63) is 70.8 Å². The van der Waals surface area contributed by atoms with Crippen LogP contribution in [0.2, 0.25) is 0 Å². The highest BCUT2D eigenvalue weighted by Gasteiger charge is 2.37. The molecule has 1 aliphatic rings. The Hall–Kier alpha value is -2.76. The second-order valence-corrected chi connectivity index (χ2v) is 6.15. The molecule has 130 valence electrons. The normalized spacial score (nSPS) is 17.7. The van der Waals surface area contributed by atoms with E-state index < -0.39 is 35.5 Å². The van der Waals surface area contributed by atoms with Crippen molar-refractivity contribution in [3.63, 3.8) is 0 Å². The second kappa shape index (κ2) is 6.63. The molecule has 0 saturated carbocycles. The third-order valence-corrected chi connectivity index (χ3v) is 4.62. The molecule has 3 rings (SSSR count). The van der Waals surface area contributed by atoms with E-state index in [1.54, 1.807) is 0 Å². The molecule has 1 heterocycles. The van der Waals surface area contributed by atoms with Crippen LogP contribution in [0.1, 0.15) is 29.5 Å². The molecule has 0 fully saturated rings. The van der Waals surface area contributed by atoms with Gasteiger partial charge in [0.25, 0.3) is 0 Å². The first-order valence-electron chi connectivity index (χ1n) is 7.94. The second-order valence-electron chi connectivity index (χ2n) is 6.15. The average molecular weight is 345 g/mol. The molecule has 2 aromatic rings. The van der Waals surface area contributed by atoms with Gasteiger partial charge in [0.2, 0.25) is 5.91 Å². The quantitative estimate of drug-likeness (QED) is 0.930. The molecule has 1 N–H and O–H groups in total. The Kier molecular flexibility index (Phi) is 4.53. The van der Waals surface area contributed by atoms with Crippen molar-refractivity contribution >= 4 is 11.9 Å². The Bertz CT molecular complexity index is 817. The largest absolute Gasteiger partial charge is 0.480 e. The van der Waals surface area contributed by atoms with E-state index in [9.17, 15) is 23.5 Å². The summed E-state index contributed by atoms with van der Waals surface area (Å²) in [6, 6.07) is 9.61. The fraction of sp³-hybridized carbons (Fsp3) is 0.263. The average Bonchev–Trinajstić information content (AvgIpc) is 2.59. The number of rotatable bonds is 3. The molecule has 2 aromatic carbocycles. The fourth-order valence-electron chi connectivity index (χ4n) is 3.27. The van der Waals surface area contributed by atoms with Gasteiger partial charge in [0.1, 0.15) is 17.7 Å². The maximum absolute atomic E-state index is 14.0. The lowest BCUT2D eigenvalue weighted by molar-refractivity contribution is -0.152. The number of aliphatic carboxylic acids is 1. The van der Waals surface area contributed by atoms with Crippen LogP contribution in [0.5, 0.6) is 0 Å². The fourth-order valence-corrected chi connectivity index (χ4v) is 3.27. The lowest BCUT2D eigenvalue weighted by Gasteiger charge is -2.36. The van der Waals surface area contributed by atoms with E-state index in [2.05, 4.69) is 0 Å². The van der Waals surface area contributed by atoms with Crippen LogP contribution < -0.4 is 0 Å². The smallest absolute Gasteiger partial charge is 0.326 e. The molecule has 0 spiro atoms. The standard InChI is InChI=1S/C19H17F2NO3/c1-11(17-14(20)7-4-8-15(17)21)18(23)22-10-13-6-3-2-5-12(13)9-16(22)19(24)25/h2-8,11,16H,9-10H2,1H3,(H,24,25). The lowest BCUT2D eigenvalue weighted by Crippen LogP contribution is -2.50. The summed E-state index contributed by atoms with van der Waals surface area (Å²) in [5, 5.41) is 9.50. The zero-order valence-electron chi connectivity index (χ0n) is 13.6. The van der Waals surface area contributed by atoms with Crippen molar-refractivity contribution in [2.75, 3.05) is 0 Å². The summed E-state index contributed by atoms with van der Waals surface area (Å²) in [5.74, 6) is -4.49. The van der Waals surface area contributed by atoms with Crippen LogP contribution in [0.3, 0.4) is 0 Å². The minimum atomic E-state index is -1.14. The molecule has 0 bridgehead atoms. The Morgan fingerprint density at radius 1 is 1.08 bits per heavy atom. The molecular weight excluding hydrogens is 328 g/mol. The first-order chi connectivity index (χ1) is 11.9. The number of fused-ring (bicyclic) bond motifs is 1. The summed E-state index contributed by atoms with van der Waals surface area (Å²) in [6.45, 7) is 1.50. The van der Waals surface area contributed by atoms with Gasteiger partial charge >= 0.3 is 5.97 Å². The monoisotopic (exact) mass is 345 g/mol. The van der Waals surface area contributed by atoms with E-state index in [1.165, 1.54) is 17.9 Å². The Labute approximate surface area is 143 Å². The maximum atomic E-state index is 14.0. The van der Waals surface area contributed by atoms with Crippen molar-refractivity contribution in [2.24, 2.45) is 0 Å². The van der Waals surface area contributed by atoms with E-state index in [0.29, 0.717) is 0 Å². The molecule has 0 aromatic heterocycles. The number of carbonyl (C=O) groups is 2. The number of hydrogen-bond donors (Lipinski definition) is 1. The van der Waals surface area contributed by atoms with Gasteiger partial charge in [-0.2, -0.15) is 0 Å². The van der Waals surface area contributed by atoms with Crippen LogP contribution >= 0.6 is 0 Å². The molecule has 25 heavy (non-hydrogen) atoms. The van der Waals surface area contributed by atoms with Gasteiger partial charge in [-0.05, 0) is 30.2 Å². The van der Waals surface area contributed by atoms with Crippen LogP contribution in [0.4, 0.5) is 8.78 Å². The predicted octanol–water partition coefficient (Wildman–Crippen LogP) is 3.11. The van der Waals surface area contributed by atoms with Gasteiger partial charge in [-0.15, -0.1) is 0 Å². The number of halogens is 2. The zero-order chi connectivity index (χ0) is 18.1. The third-order valence-electron chi connectivity index (χ3n) is 4.62. The zero-order valence-corrected chi connectivity index (χ0v) is 13.6. The number of carboxylic acids is 1. The van der Waals surface area contributed by atoms with Gasteiger partial charge in [-0.25, -0.2) is 13.6 Å². The van der Waals surface area contributed by atoms with E-state index >= 15 is 0 Å². The molecule has 0 radical (unpaired) electrons. The summed E-state index contributed by atoms with van der Waals surface area (Å²) >= 11 is 0. The summed E-state index contributed by atoms with van der Waals surface area (Å²) < 4.78 is 28.0. The predicted molar refractivity (Wildman–Crippen MR) is 86.9 cm³/mol. The first kappa shape index (κ1) is 17.1. The first-order valence-corrected chi connectivity index (χ1v) is 7.94. The molecular formula is C19H17F2NO3. The molecule has 1 aliphatic heterocycles. The minimum Gasteiger partial charge on any atom is -0.480 e. The van der Waals surface area contributed by atoms with Crippen molar-refractivity contribution in [1.82, 2.24) is 4.90 Å². The van der Waals surface area contributed by atoms with Gasteiger partial charge in [0.15, 0.2) is 0 Å². The van der Waals surface area contributed by atoms with Crippen molar-refractivity contribution in [3.8, 4) is 0 Å². The van der Waals surface area contributed by atoms with Gasteiger partial charge in [-0.1, -0.05) is 30.3 Å². The van der Waals surface area contributed by atoms with Gasteiger partial charge in [0.05, 0.1) is 5.92 Å². The number of benzene rings is 2. The summed E-state index contributed by atoms with van der Waals surface area (Å²) in [4.78, 5) is 25.7. The van der Waals surface area contributed by atoms with Crippen LogP contribution in [-0.2, 0) is 22.6 Å². The highest BCUT2D eigenvalue weighted by atomic mass is 19.1.